The van der Waals surface area contributed by atoms with Gasteiger partial charge in [-0.15, -0.1) is 0 Å². The maximum Gasteiger partial charge on any atom is 0.310 e. The zero-order valence-electron chi connectivity index (χ0n) is 17.6. The van der Waals surface area contributed by atoms with Crippen LogP contribution in [-0.2, 0) is 16.1 Å². The average Bonchev–Trinajstić information content (AvgIpc) is 3.21. The van der Waals surface area contributed by atoms with Crippen molar-refractivity contribution in [1.82, 2.24) is 14.7 Å². The van der Waals surface area contributed by atoms with E-state index in [1.54, 1.807) is 22.7 Å². The first-order chi connectivity index (χ1) is 14.5. The molecule has 0 aliphatic carbocycles. The highest BCUT2D eigenvalue weighted by Gasteiger charge is 2.25. The van der Waals surface area contributed by atoms with Crippen LogP contribution in [0.2, 0.25) is 0 Å². The lowest BCUT2D eigenvalue weighted by molar-refractivity contribution is -0.145. The molecule has 1 aromatic heterocycles. The Labute approximate surface area is 177 Å². The van der Waals surface area contributed by atoms with Gasteiger partial charge in [-0.05, 0) is 12.5 Å². The standard InChI is InChI=1S/C24H27N3O3/c1-4-26(15-18(2)24(29)30-3)23(28)21-17-27(16-19-11-7-5-8-12-19)25-22(21)20-13-9-6-10-14-20/h5-14,17-18H,4,15-16H2,1-3H3. The number of carbonyl (C=O) groups is 2. The van der Waals surface area contributed by atoms with Crippen LogP contribution in [0.1, 0.15) is 29.8 Å². The molecule has 2 aromatic carbocycles. The Bertz CT molecular complexity index is 983. The van der Waals surface area contributed by atoms with Crippen molar-refractivity contribution >= 4 is 11.9 Å². The van der Waals surface area contributed by atoms with E-state index < -0.39 is 5.92 Å². The van der Waals surface area contributed by atoms with Crippen molar-refractivity contribution in [3.05, 3.63) is 78.0 Å². The largest absolute Gasteiger partial charge is 0.469 e. The number of amides is 1. The van der Waals surface area contributed by atoms with Gasteiger partial charge in [-0.3, -0.25) is 14.3 Å². The number of hydrogen-bond acceptors (Lipinski definition) is 4. The molecule has 0 spiro atoms. The molecule has 6 heteroatoms. The lowest BCUT2D eigenvalue weighted by atomic mass is 10.1. The summed E-state index contributed by atoms with van der Waals surface area (Å²) in [4.78, 5) is 26.9. The predicted octanol–water partition coefficient (Wildman–Crippen LogP) is 3.87. The second-order valence-corrected chi connectivity index (χ2v) is 7.21. The average molecular weight is 405 g/mol. The fraction of sp³-hybridized carbons (Fsp3) is 0.292. The van der Waals surface area contributed by atoms with Gasteiger partial charge in [0.05, 0.1) is 25.1 Å². The summed E-state index contributed by atoms with van der Waals surface area (Å²) >= 11 is 0. The fourth-order valence-electron chi connectivity index (χ4n) is 3.37. The van der Waals surface area contributed by atoms with E-state index in [1.807, 2.05) is 67.6 Å². The van der Waals surface area contributed by atoms with Gasteiger partial charge < -0.3 is 9.64 Å². The molecule has 1 heterocycles. The summed E-state index contributed by atoms with van der Waals surface area (Å²) in [5.41, 5.74) is 3.15. The van der Waals surface area contributed by atoms with E-state index in [4.69, 9.17) is 9.84 Å². The van der Waals surface area contributed by atoms with Crippen LogP contribution in [0.4, 0.5) is 0 Å². The van der Waals surface area contributed by atoms with Crippen LogP contribution < -0.4 is 0 Å². The van der Waals surface area contributed by atoms with E-state index in [2.05, 4.69) is 0 Å². The van der Waals surface area contributed by atoms with E-state index in [9.17, 15) is 9.59 Å². The molecule has 1 amide bonds. The van der Waals surface area contributed by atoms with E-state index in [1.165, 1.54) is 7.11 Å². The number of rotatable bonds is 8. The molecule has 0 radical (unpaired) electrons. The van der Waals surface area contributed by atoms with Crippen molar-refractivity contribution < 1.29 is 14.3 Å². The van der Waals surface area contributed by atoms with E-state index in [0.717, 1.165) is 11.1 Å². The lowest BCUT2D eigenvalue weighted by Gasteiger charge is -2.23. The van der Waals surface area contributed by atoms with Gasteiger partial charge in [-0.25, -0.2) is 0 Å². The molecule has 30 heavy (non-hydrogen) atoms. The van der Waals surface area contributed by atoms with Crippen LogP contribution in [-0.4, -0.2) is 46.8 Å². The zero-order chi connectivity index (χ0) is 21.5. The second-order valence-electron chi connectivity index (χ2n) is 7.21. The van der Waals surface area contributed by atoms with E-state index >= 15 is 0 Å². The minimum absolute atomic E-state index is 0.147. The molecular formula is C24H27N3O3. The number of aromatic nitrogens is 2. The van der Waals surface area contributed by atoms with E-state index in [-0.39, 0.29) is 11.9 Å². The number of hydrogen-bond donors (Lipinski definition) is 0. The predicted molar refractivity (Wildman–Crippen MR) is 116 cm³/mol. The van der Waals surface area contributed by atoms with Gasteiger partial charge >= 0.3 is 5.97 Å². The maximum atomic E-state index is 13.4. The van der Waals surface area contributed by atoms with Crippen molar-refractivity contribution in [1.29, 1.82) is 0 Å². The van der Waals surface area contributed by atoms with Gasteiger partial charge in [0.25, 0.3) is 5.91 Å². The number of nitrogens with zero attached hydrogens (tertiary/aromatic N) is 3. The number of benzene rings is 2. The van der Waals surface area contributed by atoms with Gasteiger partial charge in [-0.1, -0.05) is 67.6 Å². The Kier molecular flexibility index (Phi) is 7.01. The summed E-state index contributed by atoms with van der Waals surface area (Å²) in [5, 5.41) is 4.72. The molecule has 6 nitrogen and oxygen atoms in total. The van der Waals surface area contributed by atoms with Crippen molar-refractivity contribution in [2.24, 2.45) is 5.92 Å². The highest BCUT2D eigenvalue weighted by Crippen LogP contribution is 2.24. The first-order valence-corrected chi connectivity index (χ1v) is 10.1. The molecule has 0 saturated heterocycles. The summed E-state index contributed by atoms with van der Waals surface area (Å²) in [5.74, 6) is -0.880. The van der Waals surface area contributed by atoms with Gasteiger partial charge in [-0.2, -0.15) is 5.10 Å². The quantitative estimate of drug-likeness (QED) is 0.534. The molecule has 0 fully saturated rings. The van der Waals surface area contributed by atoms with Gasteiger partial charge in [0.2, 0.25) is 0 Å². The Balaban J connectivity index is 1.94. The van der Waals surface area contributed by atoms with Gasteiger partial charge in [0, 0.05) is 24.8 Å². The number of carbonyl (C=O) groups excluding carboxylic acids is 2. The van der Waals surface area contributed by atoms with Crippen LogP contribution in [0.5, 0.6) is 0 Å². The Hall–Kier alpha value is -3.41. The number of esters is 1. The van der Waals surface area contributed by atoms with Crippen LogP contribution >= 0.6 is 0 Å². The summed E-state index contributed by atoms with van der Waals surface area (Å²) in [6, 6.07) is 19.7. The first-order valence-electron chi connectivity index (χ1n) is 10.1. The minimum atomic E-state index is -0.404. The third kappa shape index (κ3) is 4.95. The molecule has 0 bridgehead atoms. The molecule has 3 aromatic rings. The van der Waals surface area contributed by atoms with Crippen LogP contribution in [0, 0.1) is 5.92 Å². The topological polar surface area (TPSA) is 64.4 Å². The number of ether oxygens (including phenoxy) is 1. The van der Waals surface area contributed by atoms with Crippen LogP contribution in [0.3, 0.4) is 0 Å². The number of methoxy groups -OCH3 is 1. The molecule has 1 unspecified atom stereocenters. The van der Waals surface area contributed by atoms with Crippen LogP contribution in [0.15, 0.2) is 66.9 Å². The third-order valence-electron chi connectivity index (χ3n) is 4.99. The van der Waals surface area contributed by atoms with E-state index in [0.29, 0.717) is 30.9 Å². The molecule has 0 aliphatic rings. The fourth-order valence-corrected chi connectivity index (χ4v) is 3.37. The second kappa shape index (κ2) is 9.87. The lowest BCUT2D eigenvalue weighted by Crippen LogP contribution is -2.37. The highest BCUT2D eigenvalue weighted by atomic mass is 16.5. The monoisotopic (exact) mass is 405 g/mol. The summed E-state index contributed by atoms with van der Waals surface area (Å²) in [7, 11) is 1.36. The smallest absolute Gasteiger partial charge is 0.310 e. The Morgan fingerprint density at radius 1 is 1.07 bits per heavy atom. The SMILES string of the molecule is CCN(CC(C)C(=O)OC)C(=O)c1cn(Cc2ccccc2)nc1-c1ccccc1. The van der Waals surface area contributed by atoms with Crippen molar-refractivity contribution in [2.45, 2.75) is 20.4 Å². The van der Waals surface area contributed by atoms with Gasteiger partial charge in [0.1, 0.15) is 5.69 Å². The molecule has 0 saturated carbocycles. The van der Waals surface area contributed by atoms with Crippen molar-refractivity contribution in [3.8, 4) is 11.3 Å². The molecule has 156 valence electrons. The van der Waals surface area contributed by atoms with Crippen molar-refractivity contribution in [2.75, 3.05) is 20.2 Å². The highest BCUT2D eigenvalue weighted by molar-refractivity contribution is 6.00. The molecule has 0 aliphatic heterocycles. The Morgan fingerprint density at radius 2 is 1.70 bits per heavy atom. The first kappa shape index (κ1) is 21.3. The zero-order valence-corrected chi connectivity index (χ0v) is 17.6. The molecular weight excluding hydrogens is 378 g/mol. The third-order valence-corrected chi connectivity index (χ3v) is 4.99. The minimum Gasteiger partial charge on any atom is -0.469 e. The Morgan fingerprint density at radius 3 is 2.30 bits per heavy atom. The van der Waals surface area contributed by atoms with Crippen LogP contribution in [0.25, 0.3) is 11.3 Å². The molecule has 0 N–H and O–H groups in total. The maximum absolute atomic E-state index is 13.4. The van der Waals surface area contributed by atoms with Crippen molar-refractivity contribution in [3.63, 3.8) is 0 Å². The summed E-state index contributed by atoms with van der Waals surface area (Å²) in [6.45, 7) is 5.01. The summed E-state index contributed by atoms with van der Waals surface area (Å²) < 4.78 is 6.61. The molecule has 3 rings (SSSR count). The van der Waals surface area contributed by atoms with Gasteiger partial charge in [0.15, 0.2) is 0 Å². The normalized spacial score (nSPS) is 11.7. The summed E-state index contributed by atoms with van der Waals surface area (Å²) in [6.07, 6.45) is 1.79. The molecule has 1 atom stereocenters.